The van der Waals surface area contributed by atoms with Gasteiger partial charge in [0.2, 0.25) is 0 Å². The number of likely N-dealkylation sites (tertiary alicyclic amines) is 1. The molecule has 0 aromatic carbocycles. The van der Waals surface area contributed by atoms with Gasteiger partial charge in [-0.15, -0.1) is 0 Å². The summed E-state index contributed by atoms with van der Waals surface area (Å²) < 4.78 is 0. The SMILES string of the molecule is CCCN1CCN(C(=O)N2CCC(C(=O)O)C2C)CC1. The van der Waals surface area contributed by atoms with Gasteiger partial charge >= 0.3 is 12.0 Å². The van der Waals surface area contributed by atoms with Gasteiger partial charge < -0.3 is 14.9 Å². The molecular formula is C14H25N3O3. The maximum Gasteiger partial charge on any atom is 0.320 e. The maximum atomic E-state index is 12.5. The van der Waals surface area contributed by atoms with Crippen LogP contribution in [0.5, 0.6) is 0 Å². The van der Waals surface area contributed by atoms with E-state index in [1.165, 1.54) is 0 Å². The van der Waals surface area contributed by atoms with Crippen molar-refractivity contribution in [2.24, 2.45) is 5.92 Å². The molecule has 0 spiro atoms. The van der Waals surface area contributed by atoms with Crippen molar-refractivity contribution in [1.29, 1.82) is 0 Å². The summed E-state index contributed by atoms with van der Waals surface area (Å²) >= 11 is 0. The highest BCUT2D eigenvalue weighted by Crippen LogP contribution is 2.25. The van der Waals surface area contributed by atoms with Gasteiger partial charge in [-0.1, -0.05) is 6.92 Å². The molecule has 0 saturated carbocycles. The van der Waals surface area contributed by atoms with Gasteiger partial charge in [0.1, 0.15) is 0 Å². The minimum Gasteiger partial charge on any atom is -0.481 e. The molecule has 0 radical (unpaired) electrons. The van der Waals surface area contributed by atoms with Crippen LogP contribution in [0.4, 0.5) is 4.79 Å². The molecule has 2 aliphatic rings. The van der Waals surface area contributed by atoms with Crippen molar-refractivity contribution < 1.29 is 14.7 Å². The third-order valence-corrected chi connectivity index (χ3v) is 4.50. The van der Waals surface area contributed by atoms with Gasteiger partial charge in [-0.2, -0.15) is 0 Å². The number of rotatable bonds is 3. The standard InChI is InChI=1S/C14H25N3O3/c1-3-5-15-7-9-16(10-8-15)14(20)17-6-4-12(11(17)2)13(18)19/h11-12H,3-10H2,1-2H3,(H,18,19). The molecule has 6 heteroatoms. The Balaban J connectivity index is 1.88. The van der Waals surface area contributed by atoms with E-state index in [2.05, 4.69) is 11.8 Å². The number of carbonyl (C=O) groups excluding carboxylic acids is 1. The Kier molecular flexibility index (Phi) is 4.86. The molecule has 2 unspecified atom stereocenters. The molecule has 2 atom stereocenters. The number of urea groups is 1. The van der Waals surface area contributed by atoms with Gasteiger partial charge in [0.05, 0.1) is 5.92 Å². The molecule has 6 nitrogen and oxygen atoms in total. The number of hydrogen-bond donors (Lipinski definition) is 1. The average molecular weight is 283 g/mol. The molecule has 1 N–H and O–H groups in total. The minimum atomic E-state index is -0.791. The van der Waals surface area contributed by atoms with E-state index in [1.807, 2.05) is 11.8 Å². The van der Waals surface area contributed by atoms with Crippen molar-refractivity contribution in [2.75, 3.05) is 39.3 Å². The fraction of sp³-hybridized carbons (Fsp3) is 0.857. The zero-order valence-corrected chi connectivity index (χ0v) is 12.4. The number of amides is 2. The van der Waals surface area contributed by atoms with E-state index in [-0.39, 0.29) is 12.1 Å². The van der Waals surface area contributed by atoms with Gasteiger partial charge in [-0.3, -0.25) is 9.69 Å². The summed E-state index contributed by atoms with van der Waals surface area (Å²) in [6, 6.07) is -0.189. The fourth-order valence-corrected chi connectivity index (χ4v) is 3.20. The van der Waals surface area contributed by atoms with Gasteiger partial charge in [-0.05, 0) is 26.3 Å². The Morgan fingerprint density at radius 1 is 1.15 bits per heavy atom. The van der Waals surface area contributed by atoms with Crippen molar-refractivity contribution in [3.05, 3.63) is 0 Å². The van der Waals surface area contributed by atoms with E-state index < -0.39 is 11.9 Å². The van der Waals surface area contributed by atoms with Crippen LogP contribution in [0.3, 0.4) is 0 Å². The molecule has 0 bridgehead atoms. The van der Waals surface area contributed by atoms with Crippen molar-refractivity contribution in [2.45, 2.75) is 32.7 Å². The lowest BCUT2D eigenvalue weighted by atomic mass is 10.0. The van der Waals surface area contributed by atoms with Crippen LogP contribution in [-0.4, -0.2) is 77.1 Å². The maximum absolute atomic E-state index is 12.5. The smallest absolute Gasteiger partial charge is 0.320 e. The van der Waals surface area contributed by atoms with Crippen LogP contribution >= 0.6 is 0 Å². The van der Waals surface area contributed by atoms with E-state index in [4.69, 9.17) is 5.11 Å². The Hall–Kier alpha value is -1.30. The second-order valence-electron chi connectivity index (χ2n) is 5.78. The number of carbonyl (C=O) groups is 2. The second-order valence-corrected chi connectivity index (χ2v) is 5.78. The number of aliphatic carboxylic acids is 1. The van der Waals surface area contributed by atoms with Gasteiger partial charge in [-0.25, -0.2) is 4.79 Å². The minimum absolute atomic E-state index is 0.0115. The Morgan fingerprint density at radius 3 is 2.30 bits per heavy atom. The van der Waals surface area contributed by atoms with Gasteiger partial charge in [0, 0.05) is 38.8 Å². The summed E-state index contributed by atoms with van der Waals surface area (Å²) in [6.07, 6.45) is 1.70. The lowest BCUT2D eigenvalue weighted by molar-refractivity contribution is -0.142. The number of piperazine rings is 1. The highest BCUT2D eigenvalue weighted by molar-refractivity contribution is 5.78. The summed E-state index contributed by atoms with van der Waals surface area (Å²) in [7, 11) is 0. The van der Waals surface area contributed by atoms with Crippen LogP contribution < -0.4 is 0 Å². The molecular weight excluding hydrogens is 258 g/mol. The molecule has 0 aliphatic carbocycles. The first-order chi connectivity index (χ1) is 9.54. The van der Waals surface area contributed by atoms with Crippen molar-refractivity contribution in [3.8, 4) is 0 Å². The van der Waals surface area contributed by atoms with Crippen LogP contribution in [0.15, 0.2) is 0 Å². The third-order valence-electron chi connectivity index (χ3n) is 4.50. The second kappa shape index (κ2) is 6.43. The predicted octanol–water partition coefficient (Wildman–Crippen LogP) is 0.929. The lowest BCUT2D eigenvalue weighted by Gasteiger charge is -2.37. The summed E-state index contributed by atoms with van der Waals surface area (Å²) in [5.74, 6) is -1.21. The first-order valence-corrected chi connectivity index (χ1v) is 7.55. The zero-order valence-electron chi connectivity index (χ0n) is 12.4. The van der Waals surface area contributed by atoms with Crippen molar-refractivity contribution >= 4 is 12.0 Å². The Morgan fingerprint density at radius 2 is 1.80 bits per heavy atom. The van der Waals surface area contributed by atoms with Crippen LogP contribution in [0.2, 0.25) is 0 Å². The van der Waals surface area contributed by atoms with E-state index in [0.29, 0.717) is 13.0 Å². The highest BCUT2D eigenvalue weighted by Gasteiger charge is 2.39. The molecule has 2 fully saturated rings. The number of nitrogens with zero attached hydrogens (tertiary/aromatic N) is 3. The molecule has 20 heavy (non-hydrogen) atoms. The number of carboxylic acids is 1. The van der Waals surface area contributed by atoms with E-state index in [1.54, 1.807) is 4.90 Å². The molecule has 0 aromatic rings. The van der Waals surface area contributed by atoms with E-state index >= 15 is 0 Å². The fourth-order valence-electron chi connectivity index (χ4n) is 3.20. The Labute approximate surface area is 120 Å². The van der Waals surface area contributed by atoms with Gasteiger partial charge in [0.15, 0.2) is 0 Å². The quantitative estimate of drug-likeness (QED) is 0.837. The van der Waals surface area contributed by atoms with Crippen molar-refractivity contribution in [3.63, 3.8) is 0 Å². The summed E-state index contributed by atoms with van der Waals surface area (Å²) in [6.45, 7) is 9.00. The number of carboxylic acid groups (broad SMARTS) is 1. The number of hydrogen-bond acceptors (Lipinski definition) is 3. The predicted molar refractivity (Wildman–Crippen MR) is 75.6 cm³/mol. The first-order valence-electron chi connectivity index (χ1n) is 7.55. The third kappa shape index (κ3) is 3.06. The summed E-state index contributed by atoms with van der Waals surface area (Å²) in [5.41, 5.74) is 0. The topological polar surface area (TPSA) is 64.1 Å². The normalized spacial score (nSPS) is 27.9. The molecule has 2 amide bonds. The van der Waals surface area contributed by atoms with E-state index in [9.17, 15) is 9.59 Å². The molecule has 2 saturated heterocycles. The largest absolute Gasteiger partial charge is 0.481 e. The molecule has 2 rings (SSSR count). The van der Waals surface area contributed by atoms with Crippen LogP contribution in [-0.2, 0) is 4.79 Å². The zero-order chi connectivity index (χ0) is 14.7. The van der Waals surface area contributed by atoms with Crippen LogP contribution in [0, 0.1) is 5.92 Å². The molecule has 2 aliphatic heterocycles. The average Bonchev–Trinajstić information content (AvgIpc) is 2.81. The molecule has 0 aromatic heterocycles. The van der Waals surface area contributed by atoms with Gasteiger partial charge in [0.25, 0.3) is 0 Å². The lowest BCUT2D eigenvalue weighted by Crippen LogP contribution is -2.54. The monoisotopic (exact) mass is 283 g/mol. The van der Waals surface area contributed by atoms with E-state index in [0.717, 1.165) is 39.1 Å². The van der Waals surface area contributed by atoms with Crippen LogP contribution in [0.25, 0.3) is 0 Å². The van der Waals surface area contributed by atoms with Crippen molar-refractivity contribution in [1.82, 2.24) is 14.7 Å². The Bertz CT molecular complexity index is 367. The first kappa shape index (κ1) is 15.1. The summed E-state index contributed by atoms with van der Waals surface area (Å²) in [5, 5.41) is 9.13. The van der Waals surface area contributed by atoms with Crippen LogP contribution in [0.1, 0.15) is 26.7 Å². The molecule has 2 heterocycles. The molecule has 114 valence electrons. The highest BCUT2D eigenvalue weighted by atomic mass is 16.4. The summed E-state index contributed by atoms with van der Waals surface area (Å²) in [4.78, 5) is 29.6.